The van der Waals surface area contributed by atoms with Crippen molar-refractivity contribution in [2.45, 2.75) is 25.8 Å². The largest absolute Gasteiger partial charge is 0.456 e. The van der Waals surface area contributed by atoms with E-state index in [0.717, 1.165) is 16.6 Å². The summed E-state index contributed by atoms with van der Waals surface area (Å²) in [5.74, 6) is -2.84. The molecule has 34 heavy (non-hydrogen) atoms. The predicted molar refractivity (Wildman–Crippen MR) is 120 cm³/mol. The number of nitrogens with one attached hydrogen (secondary N) is 1. The molecule has 178 valence electrons. The third-order valence-corrected chi connectivity index (χ3v) is 5.00. The summed E-state index contributed by atoms with van der Waals surface area (Å²) >= 11 is 3.23. The molecule has 0 fully saturated rings. The maximum Gasteiger partial charge on any atom is 0.329 e. The summed E-state index contributed by atoms with van der Waals surface area (Å²) in [5.41, 5.74) is -1.54. The lowest BCUT2D eigenvalue weighted by Gasteiger charge is -2.17. The molecule has 2 aromatic carbocycles. The molecule has 2 aromatic rings. The van der Waals surface area contributed by atoms with Crippen LogP contribution in [0.15, 0.2) is 46.9 Å². The number of halogens is 1. The first-order valence-electron chi connectivity index (χ1n) is 9.67. The summed E-state index contributed by atoms with van der Waals surface area (Å²) in [6.07, 6.45) is -0.292. The fourth-order valence-corrected chi connectivity index (χ4v) is 3.00. The van der Waals surface area contributed by atoms with Crippen LogP contribution in [0.1, 0.15) is 40.5 Å². The Hall–Kier alpha value is -4.00. The van der Waals surface area contributed by atoms with Crippen molar-refractivity contribution in [3.8, 4) is 0 Å². The lowest BCUT2D eigenvalue weighted by molar-refractivity contribution is -0.394. The molecular formula is C21H18BrN3O9. The van der Waals surface area contributed by atoms with Crippen LogP contribution in [0.4, 0.5) is 11.4 Å². The van der Waals surface area contributed by atoms with E-state index in [0.29, 0.717) is 6.07 Å². The minimum atomic E-state index is -1.38. The van der Waals surface area contributed by atoms with Crippen molar-refractivity contribution in [2.75, 3.05) is 6.61 Å². The van der Waals surface area contributed by atoms with Gasteiger partial charge in [0, 0.05) is 28.6 Å². The van der Waals surface area contributed by atoms with Crippen LogP contribution < -0.4 is 5.32 Å². The zero-order chi connectivity index (χ0) is 25.4. The molecule has 12 nitrogen and oxygen atoms in total. The Morgan fingerprint density at radius 2 is 1.53 bits per heavy atom. The van der Waals surface area contributed by atoms with Gasteiger partial charge < -0.3 is 14.8 Å². The summed E-state index contributed by atoms with van der Waals surface area (Å²) in [6.45, 7) is 0.639. The molecule has 0 spiro atoms. The Morgan fingerprint density at radius 3 is 2.03 bits per heavy atom. The minimum absolute atomic E-state index is 0.115. The minimum Gasteiger partial charge on any atom is -0.456 e. The molecule has 0 aromatic heterocycles. The van der Waals surface area contributed by atoms with Crippen LogP contribution in [-0.4, -0.2) is 45.9 Å². The summed E-state index contributed by atoms with van der Waals surface area (Å²) in [7, 11) is 0. The Bertz CT molecular complexity index is 1120. The number of ether oxygens (including phenoxy) is 1. The molecule has 0 saturated heterocycles. The molecule has 0 saturated carbocycles. The summed E-state index contributed by atoms with van der Waals surface area (Å²) in [5, 5.41) is 24.4. The second-order valence-electron chi connectivity index (χ2n) is 7.06. The van der Waals surface area contributed by atoms with Crippen LogP contribution in [0, 0.1) is 20.2 Å². The number of esters is 1. The predicted octanol–water partition coefficient (Wildman–Crippen LogP) is 3.16. The summed E-state index contributed by atoms with van der Waals surface area (Å²) < 4.78 is 5.75. The number of amides is 1. The van der Waals surface area contributed by atoms with Gasteiger partial charge in [-0.3, -0.25) is 29.8 Å². The first kappa shape index (κ1) is 26.3. The molecule has 0 radical (unpaired) electrons. The molecule has 0 heterocycles. The van der Waals surface area contributed by atoms with E-state index >= 15 is 0 Å². The summed E-state index contributed by atoms with van der Waals surface area (Å²) in [4.78, 5) is 69.1. The SMILES string of the molecule is CC(=O)CCC(NC(=O)c1cc([N+](=O)[O-])cc([N+](=O)[O-])c1)C(=O)OCC(=O)c1ccc(Br)cc1. The molecule has 13 heteroatoms. The van der Waals surface area contributed by atoms with Gasteiger partial charge in [0.2, 0.25) is 0 Å². The molecular weight excluding hydrogens is 518 g/mol. The normalized spacial score (nSPS) is 11.2. The Kier molecular flexibility index (Phi) is 9.07. The second-order valence-corrected chi connectivity index (χ2v) is 7.97. The number of hydrogen-bond donors (Lipinski definition) is 1. The van der Waals surface area contributed by atoms with Crippen molar-refractivity contribution in [3.05, 3.63) is 78.3 Å². The number of carbonyl (C=O) groups excluding carboxylic acids is 4. The van der Waals surface area contributed by atoms with E-state index in [1.54, 1.807) is 12.1 Å². The van der Waals surface area contributed by atoms with E-state index in [1.807, 2.05) is 0 Å². The maximum atomic E-state index is 12.6. The standard InChI is InChI=1S/C21H18BrN3O9/c1-12(26)2-7-18(21(29)34-11-19(27)13-3-5-15(22)6-4-13)23-20(28)14-8-16(24(30)31)10-17(9-14)25(32)33/h3-6,8-10,18H,2,7,11H2,1H3,(H,23,28). The average molecular weight is 536 g/mol. The van der Waals surface area contributed by atoms with E-state index in [1.165, 1.54) is 19.1 Å². The zero-order valence-corrected chi connectivity index (χ0v) is 19.3. The van der Waals surface area contributed by atoms with Crippen LogP contribution in [-0.2, 0) is 14.3 Å². The van der Waals surface area contributed by atoms with Gasteiger partial charge in [0.15, 0.2) is 12.4 Å². The number of rotatable bonds is 11. The van der Waals surface area contributed by atoms with Gasteiger partial charge in [-0.2, -0.15) is 0 Å². The van der Waals surface area contributed by atoms with E-state index in [9.17, 15) is 39.4 Å². The number of non-ortho nitro benzene ring substituents is 2. The monoisotopic (exact) mass is 535 g/mol. The molecule has 1 unspecified atom stereocenters. The van der Waals surface area contributed by atoms with Crippen molar-refractivity contribution < 1.29 is 33.8 Å². The first-order chi connectivity index (χ1) is 16.0. The van der Waals surface area contributed by atoms with Gasteiger partial charge in [-0.25, -0.2) is 4.79 Å². The third-order valence-electron chi connectivity index (χ3n) is 4.47. The van der Waals surface area contributed by atoms with E-state index in [4.69, 9.17) is 4.74 Å². The fraction of sp³-hybridized carbons (Fsp3) is 0.238. The van der Waals surface area contributed by atoms with Crippen molar-refractivity contribution in [2.24, 2.45) is 0 Å². The van der Waals surface area contributed by atoms with Crippen molar-refractivity contribution in [3.63, 3.8) is 0 Å². The lowest BCUT2D eigenvalue weighted by atomic mass is 10.1. The van der Waals surface area contributed by atoms with Crippen LogP contribution in [0.5, 0.6) is 0 Å². The average Bonchev–Trinajstić information content (AvgIpc) is 2.79. The van der Waals surface area contributed by atoms with E-state index < -0.39 is 57.1 Å². The molecule has 1 N–H and O–H groups in total. The number of nitro groups is 2. The molecule has 0 aliphatic carbocycles. The van der Waals surface area contributed by atoms with Crippen LogP contribution >= 0.6 is 15.9 Å². The van der Waals surface area contributed by atoms with Gasteiger partial charge in [0.1, 0.15) is 11.8 Å². The first-order valence-corrected chi connectivity index (χ1v) is 10.5. The van der Waals surface area contributed by atoms with Crippen LogP contribution in [0.3, 0.4) is 0 Å². The highest BCUT2D eigenvalue weighted by Gasteiger charge is 2.26. The van der Waals surface area contributed by atoms with Crippen molar-refractivity contribution in [1.82, 2.24) is 5.32 Å². The lowest BCUT2D eigenvalue weighted by Crippen LogP contribution is -2.42. The third kappa shape index (κ3) is 7.55. The molecule has 0 bridgehead atoms. The quantitative estimate of drug-likeness (QED) is 0.196. The maximum absolute atomic E-state index is 12.6. The van der Waals surface area contributed by atoms with Gasteiger partial charge in [-0.05, 0) is 25.5 Å². The Balaban J connectivity index is 2.17. The number of hydrogen-bond acceptors (Lipinski definition) is 9. The number of nitro benzene ring substituents is 2. The highest BCUT2D eigenvalue weighted by atomic mass is 79.9. The zero-order valence-electron chi connectivity index (χ0n) is 17.7. The van der Waals surface area contributed by atoms with Gasteiger partial charge in [0.05, 0.1) is 21.5 Å². The number of benzene rings is 2. The van der Waals surface area contributed by atoms with Crippen LogP contribution in [0.25, 0.3) is 0 Å². The Morgan fingerprint density at radius 1 is 0.971 bits per heavy atom. The molecule has 1 amide bonds. The number of ketones is 2. The molecule has 0 aliphatic heterocycles. The highest BCUT2D eigenvalue weighted by molar-refractivity contribution is 9.10. The van der Waals surface area contributed by atoms with Gasteiger partial charge in [0.25, 0.3) is 17.3 Å². The topological polar surface area (TPSA) is 176 Å². The van der Waals surface area contributed by atoms with Gasteiger partial charge in [-0.1, -0.05) is 28.1 Å². The highest BCUT2D eigenvalue weighted by Crippen LogP contribution is 2.23. The second kappa shape index (κ2) is 11.7. The Labute approximate surface area is 200 Å². The number of carbonyl (C=O) groups is 4. The van der Waals surface area contributed by atoms with Crippen molar-refractivity contribution >= 4 is 50.7 Å². The molecule has 1 atom stereocenters. The smallest absolute Gasteiger partial charge is 0.329 e. The van der Waals surface area contributed by atoms with Gasteiger partial charge in [-0.15, -0.1) is 0 Å². The van der Waals surface area contributed by atoms with E-state index in [-0.39, 0.29) is 24.2 Å². The molecule has 0 aliphatic rings. The van der Waals surface area contributed by atoms with E-state index in [2.05, 4.69) is 21.2 Å². The number of Topliss-reactive ketones (excluding diaryl/α,β-unsaturated/α-hetero) is 2. The fourth-order valence-electron chi connectivity index (χ4n) is 2.73. The van der Waals surface area contributed by atoms with Gasteiger partial charge >= 0.3 is 5.97 Å². The van der Waals surface area contributed by atoms with Crippen LogP contribution in [0.2, 0.25) is 0 Å². The molecule has 2 rings (SSSR count). The number of nitrogens with zero attached hydrogens (tertiary/aromatic N) is 2. The summed E-state index contributed by atoms with van der Waals surface area (Å²) in [6, 6.07) is 7.22. The van der Waals surface area contributed by atoms with Crippen molar-refractivity contribution in [1.29, 1.82) is 0 Å².